The van der Waals surface area contributed by atoms with Crippen molar-refractivity contribution in [3.8, 4) is 6.07 Å². The summed E-state index contributed by atoms with van der Waals surface area (Å²) in [5.41, 5.74) is 3.22. The molecule has 0 bridgehead atoms. The Morgan fingerprint density at radius 1 is 1.11 bits per heavy atom. The summed E-state index contributed by atoms with van der Waals surface area (Å²) < 4.78 is 0. The van der Waals surface area contributed by atoms with Gasteiger partial charge in [-0.1, -0.05) is 42.5 Å². The minimum Gasteiger partial charge on any atom is -0.310 e. The maximum absolute atomic E-state index is 8.90. The van der Waals surface area contributed by atoms with Crippen molar-refractivity contribution < 1.29 is 0 Å². The average molecular weight is 250 g/mol. The lowest BCUT2D eigenvalue weighted by atomic mass is 10.1. The van der Waals surface area contributed by atoms with Gasteiger partial charge >= 0.3 is 0 Å². The van der Waals surface area contributed by atoms with Crippen LogP contribution in [0.3, 0.4) is 0 Å². The van der Waals surface area contributed by atoms with E-state index in [0.717, 1.165) is 18.5 Å². The average Bonchev–Trinajstić information content (AvgIpc) is 2.48. The summed E-state index contributed by atoms with van der Waals surface area (Å²) >= 11 is 0. The molecule has 0 aliphatic rings. The molecule has 0 saturated heterocycles. The van der Waals surface area contributed by atoms with Crippen molar-refractivity contribution in [2.24, 2.45) is 0 Å². The number of rotatable bonds is 5. The van der Waals surface area contributed by atoms with E-state index in [1.165, 1.54) is 5.56 Å². The van der Waals surface area contributed by atoms with Gasteiger partial charge in [-0.15, -0.1) is 0 Å². The van der Waals surface area contributed by atoms with Crippen molar-refractivity contribution in [2.75, 3.05) is 6.54 Å². The van der Waals surface area contributed by atoms with Crippen LogP contribution in [0.5, 0.6) is 0 Å². The Morgan fingerprint density at radius 3 is 2.63 bits per heavy atom. The molecule has 0 amide bonds. The zero-order valence-corrected chi connectivity index (χ0v) is 11.1. The summed E-state index contributed by atoms with van der Waals surface area (Å²) in [4.78, 5) is 0. The minimum atomic E-state index is 0.261. The molecule has 0 saturated carbocycles. The zero-order chi connectivity index (χ0) is 13.5. The van der Waals surface area contributed by atoms with E-state index in [0.29, 0.717) is 5.56 Å². The van der Waals surface area contributed by atoms with Crippen molar-refractivity contribution in [2.45, 2.75) is 19.4 Å². The molecule has 0 radical (unpaired) electrons. The van der Waals surface area contributed by atoms with Crippen molar-refractivity contribution in [3.05, 3.63) is 71.3 Å². The third-order valence-corrected chi connectivity index (χ3v) is 3.22. The predicted molar refractivity (Wildman–Crippen MR) is 77.7 cm³/mol. The van der Waals surface area contributed by atoms with Gasteiger partial charge in [-0.3, -0.25) is 0 Å². The highest BCUT2D eigenvalue weighted by Gasteiger charge is 2.05. The molecule has 0 fully saturated rings. The fraction of sp³-hybridized carbons (Fsp3) is 0.235. The number of nitriles is 1. The van der Waals surface area contributed by atoms with Crippen molar-refractivity contribution >= 4 is 0 Å². The molecule has 0 heterocycles. The van der Waals surface area contributed by atoms with E-state index >= 15 is 0 Å². The van der Waals surface area contributed by atoms with E-state index in [9.17, 15) is 0 Å². The second-order valence-electron chi connectivity index (χ2n) is 4.65. The second kappa shape index (κ2) is 6.72. The van der Waals surface area contributed by atoms with Gasteiger partial charge < -0.3 is 5.32 Å². The summed E-state index contributed by atoms with van der Waals surface area (Å²) in [5.74, 6) is 0. The Hall–Kier alpha value is -2.11. The molecule has 1 atom stereocenters. The predicted octanol–water partition coefficient (Wildman–Crippen LogP) is 3.45. The maximum atomic E-state index is 8.90. The first kappa shape index (κ1) is 13.3. The first-order valence-corrected chi connectivity index (χ1v) is 6.57. The normalized spacial score (nSPS) is 11.8. The molecule has 0 aliphatic carbocycles. The van der Waals surface area contributed by atoms with Crippen LogP contribution in [-0.4, -0.2) is 6.54 Å². The van der Waals surface area contributed by atoms with E-state index in [-0.39, 0.29) is 6.04 Å². The molecule has 1 N–H and O–H groups in total. The van der Waals surface area contributed by atoms with Gasteiger partial charge in [0.2, 0.25) is 0 Å². The van der Waals surface area contributed by atoms with Gasteiger partial charge in [0.1, 0.15) is 0 Å². The summed E-state index contributed by atoms with van der Waals surface area (Å²) in [7, 11) is 0. The highest BCUT2D eigenvalue weighted by atomic mass is 14.9. The molecule has 0 spiro atoms. The van der Waals surface area contributed by atoms with Gasteiger partial charge in [0.05, 0.1) is 11.6 Å². The molecule has 1 unspecified atom stereocenters. The lowest BCUT2D eigenvalue weighted by Gasteiger charge is -2.14. The molecule has 2 rings (SSSR count). The van der Waals surface area contributed by atoms with Crippen LogP contribution < -0.4 is 5.32 Å². The van der Waals surface area contributed by atoms with Crippen LogP contribution in [0.1, 0.15) is 29.7 Å². The number of benzene rings is 2. The van der Waals surface area contributed by atoms with Gasteiger partial charge in [-0.25, -0.2) is 0 Å². The van der Waals surface area contributed by atoms with Gasteiger partial charge in [-0.05, 0) is 43.1 Å². The van der Waals surface area contributed by atoms with Crippen molar-refractivity contribution in [1.29, 1.82) is 5.26 Å². The molecule has 2 heteroatoms. The lowest BCUT2D eigenvalue weighted by Crippen LogP contribution is -2.21. The molecular weight excluding hydrogens is 232 g/mol. The standard InChI is InChI=1S/C17H18N2/c1-14(17-9-5-8-16(12-17)13-18)19-11-10-15-6-3-2-4-7-15/h2-9,12,14,19H,10-11H2,1H3. The van der Waals surface area contributed by atoms with Crippen LogP contribution in [0.2, 0.25) is 0 Å². The van der Waals surface area contributed by atoms with Gasteiger partial charge in [0, 0.05) is 6.04 Å². The number of hydrogen-bond acceptors (Lipinski definition) is 2. The van der Waals surface area contributed by atoms with Crippen LogP contribution >= 0.6 is 0 Å². The van der Waals surface area contributed by atoms with Crippen LogP contribution in [-0.2, 0) is 6.42 Å². The minimum absolute atomic E-state index is 0.261. The third kappa shape index (κ3) is 3.94. The largest absolute Gasteiger partial charge is 0.310 e. The Balaban J connectivity index is 1.87. The molecule has 2 nitrogen and oxygen atoms in total. The highest BCUT2D eigenvalue weighted by Crippen LogP contribution is 2.13. The molecular formula is C17H18N2. The highest BCUT2D eigenvalue weighted by molar-refractivity contribution is 5.34. The number of nitrogens with zero attached hydrogens (tertiary/aromatic N) is 1. The fourth-order valence-electron chi connectivity index (χ4n) is 2.07. The first-order chi connectivity index (χ1) is 9.29. The summed E-state index contributed by atoms with van der Waals surface area (Å²) in [5, 5.41) is 12.4. The van der Waals surface area contributed by atoms with E-state index in [1.54, 1.807) is 0 Å². The third-order valence-electron chi connectivity index (χ3n) is 3.22. The Morgan fingerprint density at radius 2 is 1.89 bits per heavy atom. The summed E-state index contributed by atoms with van der Waals surface area (Å²) in [6, 6.07) is 20.7. The Bertz CT molecular complexity index is 555. The van der Waals surface area contributed by atoms with Gasteiger partial charge in [0.15, 0.2) is 0 Å². The SMILES string of the molecule is CC(NCCc1ccccc1)c1cccc(C#N)c1. The van der Waals surface area contributed by atoms with Gasteiger partial charge in [-0.2, -0.15) is 5.26 Å². The monoisotopic (exact) mass is 250 g/mol. The van der Waals surface area contributed by atoms with E-state index in [4.69, 9.17) is 5.26 Å². The second-order valence-corrected chi connectivity index (χ2v) is 4.65. The van der Waals surface area contributed by atoms with Crippen LogP contribution in [0.25, 0.3) is 0 Å². The van der Waals surface area contributed by atoms with Crippen LogP contribution in [0.4, 0.5) is 0 Å². The van der Waals surface area contributed by atoms with Crippen molar-refractivity contribution in [3.63, 3.8) is 0 Å². The molecule has 0 aromatic heterocycles. The smallest absolute Gasteiger partial charge is 0.0991 e. The van der Waals surface area contributed by atoms with Crippen LogP contribution in [0, 0.1) is 11.3 Å². The zero-order valence-electron chi connectivity index (χ0n) is 11.1. The Labute approximate surface area is 114 Å². The lowest BCUT2D eigenvalue weighted by molar-refractivity contribution is 0.577. The quantitative estimate of drug-likeness (QED) is 0.882. The number of nitrogens with one attached hydrogen (secondary N) is 1. The number of hydrogen-bond donors (Lipinski definition) is 1. The maximum Gasteiger partial charge on any atom is 0.0991 e. The van der Waals surface area contributed by atoms with Gasteiger partial charge in [0.25, 0.3) is 0 Å². The molecule has 2 aromatic rings. The molecule has 2 aromatic carbocycles. The summed E-state index contributed by atoms with van der Waals surface area (Å²) in [6.07, 6.45) is 1.02. The summed E-state index contributed by atoms with van der Waals surface area (Å²) in [6.45, 7) is 3.06. The van der Waals surface area contributed by atoms with Crippen LogP contribution in [0.15, 0.2) is 54.6 Å². The molecule has 0 aliphatic heterocycles. The Kier molecular flexibility index (Phi) is 4.72. The topological polar surface area (TPSA) is 35.8 Å². The first-order valence-electron chi connectivity index (χ1n) is 6.57. The van der Waals surface area contributed by atoms with E-state index in [1.807, 2.05) is 24.3 Å². The fourth-order valence-corrected chi connectivity index (χ4v) is 2.07. The van der Waals surface area contributed by atoms with Crippen molar-refractivity contribution in [1.82, 2.24) is 5.32 Å². The molecule has 96 valence electrons. The van der Waals surface area contributed by atoms with E-state index < -0.39 is 0 Å². The van der Waals surface area contributed by atoms with E-state index in [2.05, 4.69) is 48.6 Å². The molecule has 19 heavy (non-hydrogen) atoms.